The molecule has 6 nitrogen and oxygen atoms in total. The first-order valence-electron chi connectivity index (χ1n) is 7.36. The van der Waals surface area contributed by atoms with Crippen LogP contribution in [0, 0.1) is 0 Å². The molecule has 0 spiro atoms. The van der Waals surface area contributed by atoms with Crippen molar-refractivity contribution in [2.75, 3.05) is 19.7 Å². The van der Waals surface area contributed by atoms with Gasteiger partial charge in [0.1, 0.15) is 5.75 Å². The number of benzene rings is 1. The van der Waals surface area contributed by atoms with Gasteiger partial charge in [-0.25, -0.2) is 4.79 Å². The van der Waals surface area contributed by atoms with E-state index < -0.39 is 12.6 Å². The summed E-state index contributed by atoms with van der Waals surface area (Å²) in [5.74, 6) is -0.762. The Balaban J connectivity index is 2.36. The van der Waals surface area contributed by atoms with Crippen LogP contribution in [0.25, 0.3) is 6.08 Å². The van der Waals surface area contributed by atoms with Gasteiger partial charge in [0.05, 0.1) is 4.91 Å². The van der Waals surface area contributed by atoms with Crippen LogP contribution in [0.4, 0.5) is 0 Å². The lowest BCUT2D eigenvalue weighted by Gasteiger charge is -2.11. The maximum absolute atomic E-state index is 12.5. The molecule has 128 valence electrons. The minimum absolute atomic E-state index is 0.112. The van der Waals surface area contributed by atoms with E-state index in [9.17, 15) is 9.59 Å². The highest BCUT2D eigenvalue weighted by Gasteiger charge is 2.32. The summed E-state index contributed by atoms with van der Waals surface area (Å²) < 4.78 is 6.10. The van der Waals surface area contributed by atoms with E-state index in [1.54, 1.807) is 29.2 Å². The molecule has 1 aliphatic heterocycles. The molecule has 1 fully saturated rings. The summed E-state index contributed by atoms with van der Waals surface area (Å²) in [6.07, 6.45) is 1.70. The standard InChI is InChI=1S/C16H17BrN2O4S/c1-3-18-16-19(4-2)15(22)13(24-16)8-10-7-11(17)5-6-12(10)23-9-14(20)21/h5-8H,3-4,9H2,1-2H3,(H,20,21)/b13-8+,18-16?. The highest BCUT2D eigenvalue weighted by atomic mass is 79.9. The molecule has 0 unspecified atom stereocenters. The number of carbonyl (C=O) groups excluding carboxylic acids is 1. The van der Waals surface area contributed by atoms with Crippen LogP contribution in [0.15, 0.2) is 32.6 Å². The summed E-state index contributed by atoms with van der Waals surface area (Å²) in [7, 11) is 0. The predicted molar refractivity (Wildman–Crippen MR) is 98.2 cm³/mol. The fraction of sp³-hybridized carbons (Fsp3) is 0.312. The van der Waals surface area contributed by atoms with Crippen LogP contribution in [0.5, 0.6) is 5.75 Å². The van der Waals surface area contributed by atoms with Gasteiger partial charge in [-0.15, -0.1) is 0 Å². The number of carbonyl (C=O) groups is 2. The minimum atomic E-state index is -1.06. The van der Waals surface area contributed by atoms with Gasteiger partial charge < -0.3 is 9.84 Å². The Labute approximate surface area is 152 Å². The SMILES string of the molecule is CCN=C1S/C(=C/c2cc(Br)ccc2OCC(=O)O)C(=O)N1CC. The van der Waals surface area contributed by atoms with Gasteiger partial charge in [0, 0.05) is 23.1 Å². The number of nitrogens with zero attached hydrogens (tertiary/aromatic N) is 2. The van der Waals surface area contributed by atoms with Gasteiger partial charge in [-0.05, 0) is 49.9 Å². The van der Waals surface area contributed by atoms with Crippen molar-refractivity contribution in [3.8, 4) is 5.75 Å². The number of hydrogen-bond donors (Lipinski definition) is 1. The average molecular weight is 413 g/mol. The van der Waals surface area contributed by atoms with E-state index >= 15 is 0 Å². The molecule has 0 saturated carbocycles. The molecule has 0 aliphatic carbocycles. The molecule has 0 atom stereocenters. The molecule has 1 aliphatic rings. The summed E-state index contributed by atoms with van der Waals surface area (Å²) in [6, 6.07) is 5.20. The average Bonchev–Trinajstić information content (AvgIpc) is 2.82. The lowest BCUT2D eigenvalue weighted by molar-refractivity contribution is -0.139. The molecule has 0 aromatic heterocycles. The zero-order valence-electron chi connectivity index (χ0n) is 13.3. The van der Waals surface area contributed by atoms with Crippen molar-refractivity contribution in [3.05, 3.63) is 33.1 Å². The van der Waals surface area contributed by atoms with E-state index in [-0.39, 0.29) is 5.91 Å². The molecule has 1 aromatic carbocycles. The Morgan fingerprint density at radius 1 is 1.46 bits per heavy atom. The summed E-state index contributed by atoms with van der Waals surface area (Å²) >= 11 is 4.69. The van der Waals surface area contributed by atoms with Gasteiger partial charge in [0.2, 0.25) is 0 Å². The number of thioether (sulfide) groups is 1. The van der Waals surface area contributed by atoms with Crippen LogP contribution in [0.2, 0.25) is 0 Å². The number of aliphatic imine (C=N–C) groups is 1. The second-order valence-corrected chi connectivity index (χ2v) is 6.71. The molecule has 1 heterocycles. The molecule has 8 heteroatoms. The summed E-state index contributed by atoms with van der Waals surface area (Å²) in [5, 5.41) is 9.46. The monoisotopic (exact) mass is 412 g/mol. The van der Waals surface area contributed by atoms with Crippen LogP contribution in [-0.2, 0) is 9.59 Å². The van der Waals surface area contributed by atoms with Crippen molar-refractivity contribution in [3.63, 3.8) is 0 Å². The smallest absolute Gasteiger partial charge is 0.341 e. The van der Waals surface area contributed by atoms with Gasteiger partial charge in [-0.2, -0.15) is 0 Å². The van der Waals surface area contributed by atoms with Crippen molar-refractivity contribution < 1.29 is 19.4 Å². The molecule has 1 amide bonds. The second-order valence-electron chi connectivity index (χ2n) is 4.78. The number of carboxylic acids is 1. The third kappa shape index (κ3) is 4.39. The molecular weight excluding hydrogens is 396 g/mol. The highest BCUT2D eigenvalue weighted by molar-refractivity contribution is 9.10. The molecule has 1 saturated heterocycles. The van der Waals surface area contributed by atoms with E-state index in [1.165, 1.54) is 11.8 Å². The third-order valence-corrected chi connectivity index (χ3v) is 4.64. The summed E-state index contributed by atoms with van der Waals surface area (Å²) in [6.45, 7) is 4.52. The Kier molecular flexibility index (Phi) is 6.44. The topological polar surface area (TPSA) is 79.2 Å². The van der Waals surface area contributed by atoms with Gasteiger partial charge in [0.15, 0.2) is 11.8 Å². The highest BCUT2D eigenvalue weighted by Crippen LogP contribution is 2.34. The van der Waals surface area contributed by atoms with Crippen molar-refractivity contribution in [2.45, 2.75) is 13.8 Å². The van der Waals surface area contributed by atoms with E-state index in [0.717, 1.165) is 4.47 Å². The van der Waals surface area contributed by atoms with Crippen molar-refractivity contribution in [1.82, 2.24) is 4.90 Å². The Hall–Kier alpha value is -1.80. The Bertz CT molecular complexity index is 718. The number of hydrogen-bond acceptors (Lipinski definition) is 5. The number of carboxylic acid groups (broad SMARTS) is 1. The molecule has 0 bridgehead atoms. The van der Waals surface area contributed by atoms with Crippen LogP contribution < -0.4 is 4.74 Å². The first-order chi connectivity index (χ1) is 11.5. The molecule has 1 N–H and O–H groups in total. The molecule has 2 rings (SSSR count). The molecule has 24 heavy (non-hydrogen) atoms. The van der Waals surface area contributed by atoms with Crippen molar-refractivity contribution in [2.24, 2.45) is 4.99 Å². The van der Waals surface area contributed by atoms with Crippen molar-refractivity contribution >= 4 is 50.8 Å². The number of likely N-dealkylation sites (N-methyl/N-ethyl adjacent to an activating group) is 1. The number of rotatable bonds is 6. The molecule has 0 radical (unpaired) electrons. The first kappa shape index (κ1) is 18.5. The summed E-state index contributed by atoms with van der Waals surface area (Å²) in [5.41, 5.74) is 0.635. The van der Waals surface area contributed by atoms with Crippen molar-refractivity contribution in [1.29, 1.82) is 0 Å². The fourth-order valence-electron chi connectivity index (χ4n) is 2.08. The van der Waals surface area contributed by atoms with Crippen LogP contribution in [-0.4, -0.2) is 46.7 Å². The third-order valence-electron chi connectivity index (χ3n) is 3.11. The molecule has 1 aromatic rings. The summed E-state index contributed by atoms with van der Waals surface area (Å²) in [4.78, 5) is 29.7. The predicted octanol–water partition coefficient (Wildman–Crippen LogP) is 3.22. The van der Waals surface area contributed by atoms with Gasteiger partial charge in [0.25, 0.3) is 5.91 Å². The van der Waals surface area contributed by atoms with Gasteiger partial charge >= 0.3 is 5.97 Å². The van der Waals surface area contributed by atoms with Gasteiger partial charge in [-0.1, -0.05) is 15.9 Å². The largest absolute Gasteiger partial charge is 0.481 e. The number of amides is 1. The number of ether oxygens (including phenoxy) is 1. The molecular formula is C16H17BrN2O4S. The minimum Gasteiger partial charge on any atom is -0.481 e. The van der Waals surface area contributed by atoms with E-state index in [0.29, 0.717) is 34.5 Å². The lowest BCUT2D eigenvalue weighted by Crippen LogP contribution is -2.28. The van der Waals surface area contributed by atoms with E-state index in [2.05, 4.69) is 20.9 Å². The number of aliphatic carboxylic acids is 1. The van der Waals surface area contributed by atoms with Gasteiger partial charge in [-0.3, -0.25) is 14.7 Å². The fourth-order valence-corrected chi connectivity index (χ4v) is 3.56. The second kappa shape index (κ2) is 8.34. The van der Waals surface area contributed by atoms with Crippen LogP contribution >= 0.6 is 27.7 Å². The zero-order valence-corrected chi connectivity index (χ0v) is 15.7. The van der Waals surface area contributed by atoms with E-state index in [1.807, 2.05) is 13.8 Å². The van der Waals surface area contributed by atoms with Crippen LogP contribution in [0.1, 0.15) is 19.4 Å². The zero-order chi connectivity index (χ0) is 17.7. The maximum Gasteiger partial charge on any atom is 0.341 e. The van der Waals surface area contributed by atoms with E-state index in [4.69, 9.17) is 9.84 Å². The lowest BCUT2D eigenvalue weighted by atomic mass is 10.2. The Morgan fingerprint density at radius 3 is 2.83 bits per heavy atom. The normalized spacial score (nSPS) is 17.8. The number of halogens is 1. The van der Waals surface area contributed by atoms with Crippen LogP contribution in [0.3, 0.4) is 0 Å². The first-order valence-corrected chi connectivity index (χ1v) is 8.97. The number of amidine groups is 1. The maximum atomic E-state index is 12.5. The Morgan fingerprint density at radius 2 is 2.21 bits per heavy atom. The quantitative estimate of drug-likeness (QED) is 0.725.